The van der Waals surface area contributed by atoms with E-state index in [-0.39, 0.29) is 6.54 Å². The van der Waals surface area contributed by atoms with Gasteiger partial charge in [0.05, 0.1) is 17.9 Å². The molecule has 0 aliphatic carbocycles. The van der Waals surface area contributed by atoms with Crippen LogP contribution in [0.4, 0.5) is 20.3 Å². The number of rotatable bonds is 2. The summed E-state index contributed by atoms with van der Waals surface area (Å²) in [5, 5.41) is 2.48. The largest absolute Gasteiger partial charge is 0.383 e. The van der Waals surface area contributed by atoms with Crippen molar-refractivity contribution in [2.45, 2.75) is 32.2 Å². The van der Waals surface area contributed by atoms with Gasteiger partial charge in [-0.05, 0) is 24.1 Å². The molecular formula is C20H22F2N4O2. The summed E-state index contributed by atoms with van der Waals surface area (Å²) < 4.78 is 28.7. The first-order chi connectivity index (χ1) is 13.2. The number of aryl methyl sites for hydroxylation is 1. The summed E-state index contributed by atoms with van der Waals surface area (Å²) in [5.74, 6) is -5.41. The highest BCUT2D eigenvalue weighted by Crippen LogP contribution is 2.43. The van der Waals surface area contributed by atoms with Crippen LogP contribution in [0.25, 0.3) is 0 Å². The normalized spacial score (nSPS) is 21.2. The van der Waals surface area contributed by atoms with Crippen molar-refractivity contribution in [2.75, 3.05) is 17.6 Å². The summed E-state index contributed by atoms with van der Waals surface area (Å²) in [6.45, 7) is 2.89. The average molecular weight is 388 g/mol. The lowest BCUT2D eigenvalue weighted by Crippen LogP contribution is -2.52. The number of carbonyl (C=O) groups is 2. The van der Waals surface area contributed by atoms with Crippen LogP contribution in [0.15, 0.2) is 42.6 Å². The second-order valence-electron chi connectivity index (χ2n) is 7.13. The number of carbonyl (C=O) groups excluding carboxylic acids is 2. The molecule has 2 heterocycles. The first kappa shape index (κ1) is 19.7. The molecule has 28 heavy (non-hydrogen) atoms. The number of likely N-dealkylation sites (tertiary alicyclic amines) is 1. The van der Waals surface area contributed by atoms with E-state index in [1.165, 1.54) is 18.0 Å². The molecule has 1 fully saturated rings. The molecule has 1 aromatic carbocycles. The van der Waals surface area contributed by atoms with Gasteiger partial charge in [-0.1, -0.05) is 37.3 Å². The van der Waals surface area contributed by atoms with Crippen molar-refractivity contribution in [2.24, 2.45) is 5.92 Å². The molecule has 3 rings (SSSR count). The van der Waals surface area contributed by atoms with Crippen molar-refractivity contribution in [1.82, 2.24) is 9.88 Å². The van der Waals surface area contributed by atoms with Crippen LogP contribution in [0.3, 0.4) is 0 Å². The number of nitrogens with one attached hydrogen (secondary N) is 1. The fraction of sp³-hybridized carbons (Fsp3) is 0.350. The molecule has 0 saturated carbocycles. The number of nitrogens with zero attached hydrogens (tertiary/aromatic N) is 2. The third-order valence-corrected chi connectivity index (χ3v) is 5.05. The number of aromatic nitrogens is 1. The summed E-state index contributed by atoms with van der Waals surface area (Å²) in [5.41, 5.74) is 7.19. The summed E-state index contributed by atoms with van der Waals surface area (Å²) in [6, 6.07) is 9.28. The summed E-state index contributed by atoms with van der Waals surface area (Å²) in [4.78, 5) is 30.5. The SMILES string of the molecule is Cc1cc(NC(=O)C(=O)N2C[C@@H](C)C(F)(F)C[C@@H]2c2ccccc2)cnc1N. The fourth-order valence-corrected chi connectivity index (χ4v) is 3.29. The van der Waals surface area contributed by atoms with E-state index in [1.54, 1.807) is 43.3 Å². The van der Waals surface area contributed by atoms with Gasteiger partial charge < -0.3 is 16.0 Å². The molecule has 8 heteroatoms. The molecule has 2 aromatic rings. The van der Waals surface area contributed by atoms with Crippen LogP contribution in [-0.4, -0.2) is 34.2 Å². The molecule has 2 atom stereocenters. The van der Waals surface area contributed by atoms with Crippen LogP contribution in [0.2, 0.25) is 0 Å². The van der Waals surface area contributed by atoms with Crippen molar-refractivity contribution in [1.29, 1.82) is 0 Å². The lowest BCUT2D eigenvalue weighted by atomic mass is 9.86. The predicted octanol–water partition coefficient (Wildman–Crippen LogP) is 3.16. The maximum Gasteiger partial charge on any atom is 0.313 e. The Morgan fingerprint density at radius 3 is 2.61 bits per heavy atom. The third-order valence-electron chi connectivity index (χ3n) is 5.05. The monoisotopic (exact) mass is 388 g/mol. The molecule has 2 amide bonds. The predicted molar refractivity (Wildman–Crippen MR) is 102 cm³/mol. The van der Waals surface area contributed by atoms with Crippen LogP contribution in [0.5, 0.6) is 0 Å². The minimum Gasteiger partial charge on any atom is -0.383 e. The van der Waals surface area contributed by atoms with Gasteiger partial charge in [0.2, 0.25) is 0 Å². The summed E-state index contributed by atoms with van der Waals surface area (Å²) in [7, 11) is 0. The number of piperidine rings is 1. The van der Waals surface area contributed by atoms with Crippen LogP contribution >= 0.6 is 0 Å². The maximum atomic E-state index is 14.3. The van der Waals surface area contributed by atoms with E-state index in [1.807, 2.05) is 0 Å². The molecule has 6 nitrogen and oxygen atoms in total. The zero-order chi connectivity index (χ0) is 20.5. The lowest BCUT2D eigenvalue weighted by molar-refractivity contribution is -0.159. The molecule has 1 aliphatic heterocycles. The molecule has 0 bridgehead atoms. The molecule has 0 unspecified atom stereocenters. The number of hydrogen-bond donors (Lipinski definition) is 2. The Bertz CT molecular complexity index is 889. The highest BCUT2D eigenvalue weighted by atomic mass is 19.3. The Morgan fingerprint density at radius 2 is 1.96 bits per heavy atom. The minimum atomic E-state index is -2.92. The molecule has 1 saturated heterocycles. The van der Waals surface area contributed by atoms with Crippen LogP contribution < -0.4 is 11.1 Å². The van der Waals surface area contributed by atoms with Crippen molar-refractivity contribution < 1.29 is 18.4 Å². The van der Waals surface area contributed by atoms with Gasteiger partial charge in [-0.15, -0.1) is 0 Å². The zero-order valence-corrected chi connectivity index (χ0v) is 15.7. The second kappa shape index (κ2) is 7.53. The molecule has 0 spiro atoms. The molecule has 148 valence electrons. The standard InChI is InChI=1S/C20H22F2N4O2/c1-12-8-15(10-24-17(12)23)25-18(27)19(28)26-11-13(2)20(21,22)9-16(26)14-6-4-3-5-7-14/h3-8,10,13,16H,9,11H2,1-2H3,(H2,23,24)(H,25,27)/t13-,16-/m1/s1. The van der Waals surface area contributed by atoms with Crippen molar-refractivity contribution in [3.05, 3.63) is 53.7 Å². The van der Waals surface area contributed by atoms with Crippen molar-refractivity contribution in [3.63, 3.8) is 0 Å². The van der Waals surface area contributed by atoms with E-state index in [4.69, 9.17) is 5.73 Å². The van der Waals surface area contributed by atoms with E-state index in [2.05, 4.69) is 10.3 Å². The fourth-order valence-electron chi connectivity index (χ4n) is 3.29. The highest BCUT2D eigenvalue weighted by molar-refractivity contribution is 6.39. The highest BCUT2D eigenvalue weighted by Gasteiger charge is 2.48. The van der Waals surface area contributed by atoms with Crippen LogP contribution in [-0.2, 0) is 9.59 Å². The average Bonchev–Trinajstić information content (AvgIpc) is 2.66. The Balaban J connectivity index is 1.84. The summed E-state index contributed by atoms with van der Waals surface area (Å²) in [6.07, 6.45) is 0.814. The van der Waals surface area contributed by atoms with E-state index in [9.17, 15) is 18.4 Å². The first-order valence-electron chi connectivity index (χ1n) is 8.96. The maximum absolute atomic E-state index is 14.3. The quantitative estimate of drug-likeness (QED) is 0.774. The molecule has 1 aromatic heterocycles. The zero-order valence-electron chi connectivity index (χ0n) is 15.7. The minimum absolute atomic E-state index is 0.210. The number of hydrogen-bond acceptors (Lipinski definition) is 4. The Hall–Kier alpha value is -3.03. The summed E-state index contributed by atoms with van der Waals surface area (Å²) >= 11 is 0. The molecule has 0 radical (unpaired) electrons. The number of halogens is 2. The Kier molecular flexibility index (Phi) is 5.31. The smallest absolute Gasteiger partial charge is 0.313 e. The molecule has 3 N–H and O–H groups in total. The van der Waals surface area contributed by atoms with E-state index in [0.29, 0.717) is 22.6 Å². The van der Waals surface area contributed by atoms with Crippen LogP contribution in [0, 0.1) is 12.8 Å². The van der Waals surface area contributed by atoms with Crippen molar-refractivity contribution >= 4 is 23.3 Å². The van der Waals surface area contributed by atoms with Gasteiger partial charge in [-0.3, -0.25) is 9.59 Å². The van der Waals surface area contributed by atoms with E-state index < -0.39 is 36.1 Å². The van der Waals surface area contributed by atoms with Gasteiger partial charge >= 0.3 is 11.8 Å². The van der Waals surface area contributed by atoms with Gasteiger partial charge in [0.15, 0.2) is 0 Å². The number of pyridine rings is 1. The Labute approximate surface area is 161 Å². The van der Waals surface area contributed by atoms with E-state index in [0.717, 1.165) is 0 Å². The van der Waals surface area contributed by atoms with Gasteiger partial charge in [-0.2, -0.15) is 0 Å². The number of nitrogens with two attached hydrogens (primary N) is 1. The van der Waals surface area contributed by atoms with Crippen molar-refractivity contribution in [3.8, 4) is 0 Å². The van der Waals surface area contributed by atoms with Gasteiger partial charge in [0.1, 0.15) is 5.82 Å². The van der Waals surface area contributed by atoms with Gasteiger partial charge in [0.25, 0.3) is 5.92 Å². The molecular weight excluding hydrogens is 366 g/mol. The number of nitrogen functional groups attached to an aromatic ring is 1. The second-order valence-corrected chi connectivity index (χ2v) is 7.13. The number of alkyl halides is 2. The Morgan fingerprint density at radius 1 is 1.29 bits per heavy atom. The van der Waals surface area contributed by atoms with Gasteiger partial charge in [-0.25, -0.2) is 13.8 Å². The number of anilines is 2. The van der Waals surface area contributed by atoms with E-state index >= 15 is 0 Å². The number of amides is 2. The topological polar surface area (TPSA) is 88.3 Å². The van der Waals surface area contributed by atoms with Crippen LogP contribution in [0.1, 0.15) is 30.5 Å². The third kappa shape index (κ3) is 3.95. The first-order valence-corrected chi connectivity index (χ1v) is 8.96. The number of benzene rings is 1. The lowest BCUT2D eigenvalue weighted by Gasteiger charge is -2.42. The van der Waals surface area contributed by atoms with Gasteiger partial charge in [0, 0.05) is 18.9 Å². The molecule has 1 aliphatic rings.